The Hall–Kier alpha value is -6.15. The fourth-order valence-electron chi connectivity index (χ4n) is 5.42. The van der Waals surface area contributed by atoms with Gasteiger partial charge in [0.25, 0.3) is 11.8 Å². The van der Waals surface area contributed by atoms with E-state index in [1.807, 2.05) is 67.6 Å². The van der Waals surface area contributed by atoms with Crippen LogP contribution in [0.5, 0.6) is 5.75 Å². The van der Waals surface area contributed by atoms with Crippen molar-refractivity contribution in [1.29, 1.82) is 0 Å². The average Bonchev–Trinajstić information content (AvgIpc) is 3.71. The number of rotatable bonds is 23. The first-order chi connectivity index (χ1) is 26.8. The third-order valence-electron chi connectivity index (χ3n) is 8.28. The van der Waals surface area contributed by atoms with E-state index < -0.39 is 23.8 Å². The molecule has 4 N–H and O–H groups in total. The molecule has 0 saturated heterocycles. The highest BCUT2D eigenvalue weighted by atomic mass is 16.7. The van der Waals surface area contributed by atoms with Crippen molar-refractivity contribution in [2.45, 2.75) is 52.7 Å². The van der Waals surface area contributed by atoms with Gasteiger partial charge in [0, 0.05) is 24.2 Å². The minimum Gasteiger partial charge on any atom is -0.494 e. The minimum atomic E-state index is -0.600. The topological polar surface area (TPSA) is 178 Å². The third-order valence-corrected chi connectivity index (χ3v) is 8.28. The Bertz CT molecular complexity index is 1820. The summed E-state index contributed by atoms with van der Waals surface area (Å²) in [4.78, 5) is 68.7. The van der Waals surface area contributed by atoms with Crippen molar-refractivity contribution < 1.29 is 42.7 Å². The number of hydroxylamine groups is 2. The van der Waals surface area contributed by atoms with Crippen LogP contribution < -0.4 is 26.0 Å². The third kappa shape index (κ3) is 14.3. The zero-order chi connectivity index (χ0) is 39.3. The predicted octanol–water partition coefficient (Wildman–Crippen LogP) is 5.59. The molecule has 0 fully saturated rings. The van der Waals surface area contributed by atoms with Crippen LogP contribution >= 0.6 is 0 Å². The molecule has 0 spiro atoms. The highest BCUT2D eigenvalue weighted by Crippen LogP contribution is 2.28. The van der Waals surface area contributed by atoms with Crippen LogP contribution in [-0.4, -0.2) is 68.2 Å². The molecule has 0 bridgehead atoms. The number of nitrogens with zero attached hydrogens (tertiary/aromatic N) is 1. The average molecular weight is 756 g/mol. The molecule has 0 radical (unpaired) electrons. The molecule has 0 aliphatic rings. The van der Waals surface area contributed by atoms with Gasteiger partial charge in [0.15, 0.2) is 5.76 Å². The van der Waals surface area contributed by atoms with Gasteiger partial charge < -0.3 is 35.2 Å². The standard InChI is InChI=1S/C41H49N5O9/c1-3-5-8-17-32(25-46(29-47)54-27-31-15-11-7-12-16-31)38(48)44-28-45-40(50)37-19-18-36(55-37)33-22-34(24-35(23-33)52-4-2)39(49)42-20-21-43-41(51)53-26-30-13-9-6-10-14-30/h6-7,9-16,18-19,22-24,29,32H,3-5,8,17,20-21,25-28H2,1-2H3,(H,42,49)(H,43,51)(H,44,48)(H,45,50)/t32-/m1/s1. The summed E-state index contributed by atoms with van der Waals surface area (Å²) >= 11 is 0. The number of ether oxygens (including phenoxy) is 2. The second kappa shape index (κ2) is 22.8. The van der Waals surface area contributed by atoms with Crippen molar-refractivity contribution in [1.82, 2.24) is 26.3 Å². The number of furan rings is 1. The van der Waals surface area contributed by atoms with Crippen LogP contribution in [-0.2, 0) is 32.4 Å². The van der Waals surface area contributed by atoms with E-state index in [4.69, 9.17) is 18.7 Å². The van der Waals surface area contributed by atoms with Gasteiger partial charge in [0.2, 0.25) is 12.3 Å². The molecule has 5 amide bonds. The molecular formula is C41H49N5O9. The molecule has 14 heteroatoms. The first-order valence-corrected chi connectivity index (χ1v) is 18.3. The van der Waals surface area contributed by atoms with Gasteiger partial charge in [-0.2, -0.15) is 0 Å². The molecule has 1 aromatic heterocycles. The first kappa shape index (κ1) is 41.6. The normalized spacial score (nSPS) is 11.2. The summed E-state index contributed by atoms with van der Waals surface area (Å²) < 4.78 is 16.7. The van der Waals surface area contributed by atoms with Crippen LogP contribution in [0.4, 0.5) is 4.79 Å². The van der Waals surface area contributed by atoms with E-state index in [2.05, 4.69) is 28.2 Å². The van der Waals surface area contributed by atoms with Gasteiger partial charge in [0.05, 0.1) is 25.7 Å². The smallest absolute Gasteiger partial charge is 0.407 e. The van der Waals surface area contributed by atoms with E-state index in [0.717, 1.165) is 35.5 Å². The Kier molecular flexibility index (Phi) is 17.3. The number of hydrogen-bond acceptors (Lipinski definition) is 9. The second-order valence-electron chi connectivity index (χ2n) is 12.5. The van der Waals surface area contributed by atoms with E-state index in [1.165, 1.54) is 6.07 Å². The number of amides is 5. The Morgan fingerprint density at radius 3 is 2.18 bits per heavy atom. The number of alkyl carbamates (subject to hydrolysis) is 1. The van der Waals surface area contributed by atoms with E-state index in [9.17, 15) is 24.0 Å². The summed E-state index contributed by atoms with van der Waals surface area (Å²) in [5, 5.41) is 11.9. The molecule has 0 aliphatic heterocycles. The van der Waals surface area contributed by atoms with Crippen molar-refractivity contribution in [2.75, 3.05) is 32.9 Å². The molecule has 0 aliphatic carbocycles. The van der Waals surface area contributed by atoms with Gasteiger partial charge in [-0.15, -0.1) is 0 Å². The maximum atomic E-state index is 13.2. The van der Waals surface area contributed by atoms with Crippen LogP contribution in [0.25, 0.3) is 11.3 Å². The van der Waals surface area contributed by atoms with Gasteiger partial charge in [-0.05, 0) is 54.8 Å². The molecule has 1 heterocycles. The van der Waals surface area contributed by atoms with Crippen LogP contribution in [0.2, 0.25) is 0 Å². The van der Waals surface area contributed by atoms with Crippen molar-refractivity contribution in [3.8, 4) is 17.1 Å². The minimum absolute atomic E-state index is 0.0109. The van der Waals surface area contributed by atoms with Crippen LogP contribution in [0.3, 0.4) is 0 Å². The molecule has 4 aromatic rings. The predicted molar refractivity (Wildman–Crippen MR) is 204 cm³/mol. The van der Waals surface area contributed by atoms with Crippen molar-refractivity contribution >= 4 is 30.2 Å². The molecule has 1 atom stereocenters. The molecule has 14 nitrogen and oxygen atoms in total. The van der Waals surface area contributed by atoms with Gasteiger partial charge in [-0.1, -0.05) is 86.8 Å². The highest BCUT2D eigenvalue weighted by molar-refractivity contribution is 5.96. The number of benzene rings is 3. The number of carbonyl (C=O) groups is 5. The summed E-state index contributed by atoms with van der Waals surface area (Å²) in [7, 11) is 0. The molecule has 4 rings (SSSR count). The molecule has 0 unspecified atom stereocenters. The van der Waals surface area contributed by atoms with Gasteiger partial charge in [0.1, 0.15) is 24.7 Å². The zero-order valence-corrected chi connectivity index (χ0v) is 31.2. The lowest BCUT2D eigenvalue weighted by Gasteiger charge is -2.23. The van der Waals surface area contributed by atoms with E-state index in [1.54, 1.807) is 24.3 Å². The molecular weight excluding hydrogens is 706 g/mol. The number of nitrogens with one attached hydrogen (secondary N) is 4. The Labute approximate surface area is 320 Å². The summed E-state index contributed by atoms with van der Waals surface area (Å²) in [5.74, 6) is -1.13. The fourth-order valence-corrected chi connectivity index (χ4v) is 5.42. The van der Waals surface area contributed by atoms with Crippen LogP contribution in [0, 0.1) is 5.92 Å². The SMILES string of the molecule is CCCCC[C@H](CN(C=O)OCc1ccccc1)C(=O)NCNC(=O)c1ccc(-c2cc(OCC)cc(C(=O)NCCNC(=O)OCc3ccccc3)c2)o1. The molecule has 3 aromatic carbocycles. The first-order valence-electron chi connectivity index (χ1n) is 18.3. The van der Waals surface area contributed by atoms with Gasteiger partial charge in [-0.25, -0.2) is 9.86 Å². The Balaban J connectivity index is 1.28. The van der Waals surface area contributed by atoms with Gasteiger partial charge in [-0.3, -0.25) is 24.0 Å². The van der Waals surface area contributed by atoms with Crippen LogP contribution in [0.15, 0.2) is 95.4 Å². The summed E-state index contributed by atoms with van der Waals surface area (Å²) in [5.41, 5.74) is 2.52. The lowest BCUT2D eigenvalue weighted by molar-refractivity contribution is -0.182. The van der Waals surface area contributed by atoms with E-state index in [0.29, 0.717) is 36.5 Å². The maximum Gasteiger partial charge on any atom is 0.407 e. The maximum absolute atomic E-state index is 13.2. The van der Waals surface area contributed by atoms with E-state index in [-0.39, 0.29) is 56.7 Å². The Morgan fingerprint density at radius 1 is 0.782 bits per heavy atom. The lowest BCUT2D eigenvalue weighted by atomic mass is 10.0. The molecule has 55 heavy (non-hydrogen) atoms. The van der Waals surface area contributed by atoms with Crippen molar-refractivity contribution in [3.63, 3.8) is 0 Å². The monoisotopic (exact) mass is 755 g/mol. The zero-order valence-electron chi connectivity index (χ0n) is 31.2. The summed E-state index contributed by atoms with van der Waals surface area (Å²) in [6.45, 7) is 4.72. The quantitative estimate of drug-likeness (QED) is 0.0325. The Morgan fingerprint density at radius 2 is 1.49 bits per heavy atom. The number of carbonyl (C=O) groups excluding carboxylic acids is 5. The van der Waals surface area contributed by atoms with Crippen molar-refractivity contribution in [3.05, 3.63) is 113 Å². The van der Waals surface area contributed by atoms with Gasteiger partial charge >= 0.3 is 6.09 Å². The summed E-state index contributed by atoms with van der Waals surface area (Å²) in [6, 6.07) is 26.6. The largest absolute Gasteiger partial charge is 0.494 e. The second-order valence-corrected chi connectivity index (χ2v) is 12.5. The molecule has 292 valence electrons. The highest BCUT2D eigenvalue weighted by Gasteiger charge is 2.22. The number of unbranched alkanes of at least 4 members (excludes halogenated alkanes) is 2. The fraction of sp³-hybridized carbons (Fsp3) is 0.341. The lowest BCUT2D eigenvalue weighted by Crippen LogP contribution is -2.43. The van der Waals surface area contributed by atoms with Crippen molar-refractivity contribution in [2.24, 2.45) is 5.92 Å². The number of hydrogen-bond donors (Lipinski definition) is 4. The summed E-state index contributed by atoms with van der Waals surface area (Å²) in [6.07, 6.45) is 3.18. The molecule has 0 saturated carbocycles. The van der Waals surface area contributed by atoms with E-state index >= 15 is 0 Å². The van der Waals surface area contributed by atoms with Crippen LogP contribution in [0.1, 0.15) is 71.6 Å².